The van der Waals surface area contributed by atoms with Crippen LogP contribution in [0, 0.1) is 5.92 Å². The third kappa shape index (κ3) is 2.87. The molecule has 0 bridgehead atoms. The van der Waals surface area contributed by atoms with Crippen LogP contribution in [-0.4, -0.2) is 10.2 Å². The molecule has 2 aromatic rings. The van der Waals surface area contributed by atoms with E-state index < -0.39 is 0 Å². The van der Waals surface area contributed by atoms with Crippen LogP contribution >= 0.6 is 0 Å². The Morgan fingerprint density at radius 1 is 1.20 bits per heavy atom. The van der Waals surface area contributed by atoms with Gasteiger partial charge in [0.1, 0.15) is 5.82 Å². The van der Waals surface area contributed by atoms with Gasteiger partial charge in [-0.3, -0.25) is 5.10 Å². The summed E-state index contributed by atoms with van der Waals surface area (Å²) in [6.07, 6.45) is 0.941. The lowest BCUT2D eigenvalue weighted by Crippen LogP contribution is -2.13. The lowest BCUT2D eigenvalue weighted by atomic mass is 9.82. The van der Waals surface area contributed by atoms with Crippen molar-refractivity contribution in [1.29, 1.82) is 0 Å². The highest BCUT2D eigenvalue weighted by atomic mass is 15.2. The van der Waals surface area contributed by atoms with Crippen molar-refractivity contribution in [1.82, 2.24) is 10.2 Å². The van der Waals surface area contributed by atoms with Gasteiger partial charge in [0.15, 0.2) is 0 Å². The van der Waals surface area contributed by atoms with Crippen molar-refractivity contribution in [3.63, 3.8) is 0 Å². The molecule has 1 heterocycles. The first-order valence-electron chi connectivity index (χ1n) is 7.23. The van der Waals surface area contributed by atoms with E-state index in [0.717, 1.165) is 17.7 Å². The molecule has 3 nitrogen and oxygen atoms in total. The number of nitrogens with two attached hydrogens (primary N) is 1. The number of rotatable bonds is 3. The summed E-state index contributed by atoms with van der Waals surface area (Å²) in [6, 6.07) is 8.50. The van der Waals surface area contributed by atoms with E-state index in [4.69, 9.17) is 5.73 Å². The Morgan fingerprint density at radius 2 is 1.85 bits per heavy atom. The van der Waals surface area contributed by atoms with E-state index >= 15 is 0 Å². The highest BCUT2D eigenvalue weighted by Crippen LogP contribution is 2.35. The summed E-state index contributed by atoms with van der Waals surface area (Å²) in [5, 5.41) is 7.36. The van der Waals surface area contributed by atoms with E-state index in [-0.39, 0.29) is 5.41 Å². The number of benzene rings is 1. The monoisotopic (exact) mass is 271 g/mol. The van der Waals surface area contributed by atoms with Crippen LogP contribution in [0.5, 0.6) is 0 Å². The van der Waals surface area contributed by atoms with Gasteiger partial charge in [-0.25, -0.2) is 0 Å². The number of anilines is 1. The molecule has 1 aromatic carbocycles. The van der Waals surface area contributed by atoms with Crippen molar-refractivity contribution in [2.75, 3.05) is 5.73 Å². The van der Waals surface area contributed by atoms with E-state index in [2.05, 4.69) is 69.1 Å². The van der Waals surface area contributed by atoms with Crippen molar-refractivity contribution in [2.24, 2.45) is 5.92 Å². The number of nitrogen functional groups attached to an aromatic ring is 1. The summed E-state index contributed by atoms with van der Waals surface area (Å²) in [5.74, 6) is 1.17. The summed E-state index contributed by atoms with van der Waals surface area (Å²) >= 11 is 0. The minimum absolute atomic E-state index is 0.0889. The van der Waals surface area contributed by atoms with E-state index in [1.807, 2.05) is 0 Å². The lowest BCUT2D eigenvalue weighted by Gasteiger charge is -2.23. The van der Waals surface area contributed by atoms with Gasteiger partial charge in [0.2, 0.25) is 0 Å². The Hall–Kier alpha value is -1.77. The van der Waals surface area contributed by atoms with Crippen LogP contribution in [0.1, 0.15) is 45.7 Å². The van der Waals surface area contributed by atoms with E-state index in [1.165, 1.54) is 11.1 Å². The fourth-order valence-corrected chi connectivity index (χ4v) is 2.57. The first-order chi connectivity index (χ1) is 9.30. The Kier molecular flexibility index (Phi) is 3.89. The maximum Gasteiger partial charge on any atom is 0.149 e. The smallest absolute Gasteiger partial charge is 0.149 e. The van der Waals surface area contributed by atoms with Gasteiger partial charge in [-0.15, -0.1) is 0 Å². The molecule has 20 heavy (non-hydrogen) atoms. The van der Waals surface area contributed by atoms with Gasteiger partial charge < -0.3 is 5.73 Å². The molecule has 0 spiro atoms. The number of nitrogens with one attached hydrogen (secondary N) is 1. The lowest BCUT2D eigenvalue weighted by molar-refractivity contribution is 0.591. The first-order valence-corrected chi connectivity index (χ1v) is 7.23. The number of H-pyrrole nitrogens is 1. The third-order valence-electron chi connectivity index (χ3n) is 3.52. The zero-order valence-electron chi connectivity index (χ0n) is 13.1. The number of aromatic nitrogens is 2. The van der Waals surface area contributed by atoms with Gasteiger partial charge in [0.25, 0.3) is 0 Å². The predicted molar refractivity (Wildman–Crippen MR) is 85.7 cm³/mol. The summed E-state index contributed by atoms with van der Waals surface area (Å²) in [4.78, 5) is 0. The van der Waals surface area contributed by atoms with Gasteiger partial charge in [-0.2, -0.15) is 5.10 Å². The zero-order valence-corrected chi connectivity index (χ0v) is 13.1. The van der Waals surface area contributed by atoms with Crippen molar-refractivity contribution >= 4 is 5.82 Å². The Morgan fingerprint density at radius 3 is 2.45 bits per heavy atom. The molecule has 0 unspecified atom stereocenters. The van der Waals surface area contributed by atoms with Gasteiger partial charge in [-0.1, -0.05) is 58.9 Å². The second kappa shape index (κ2) is 5.31. The summed E-state index contributed by atoms with van der Waals surface area (Å²) in [7, 11) is 0. The van der Waals surface area contributed by atoms with Crippen LogP contribution < -0.4 is 5.73 Å². The van der Waals surface area contributed by atoms with Crippen LogP contribution in [-0.2, 0) is 11.8 Å². The second-order valence-corrected chi connectivity index (χ2v) is 6.86. The molecule has 0 fully saturated rings. The molecule has 3 heteroatoms. The van der Waals surface area contributed by atoms with Crippen molar-refractivity contribution in [3.8, 4) is 11.3 Å². The molecule has 108 valence electrons. The molecule has 0 radical (unpaired) electrons. The standard InChI is InChI=1S/C17H25N3/c1-11(2)10-13-15(19-20-16(13)18)12-8-6-7-9-14(12)17(3,4)5/h6-9,11H,10H2,1-5H3,(H3,18,19,20). The van der Waals surface area contributed by atoms with Crippen LogP contribution in [0.4, 0.5) is 5.82 Å². The first kappa shape index (κ1) is 14.6. The van der Waals surface area contributed by atoms with Gasteiger partial charge in [0.05, 0.1) is 5.69 Å². The molecule has 3 N–H and O–H groups in total. The van der Waals surface area contributed by atoms with E-state index in [9.17, 15) is 0 Å². The third-order valence-corrected chi connectivity index (χ3v) is 3.52. The maximum absolute atomic E-state index is 6.04. The van der Waals surface area contributed by atoms with E-state index in [1.54, 1.807) is 0 Å². The molecule has 0 amide bonds. The fourth-order valence-electron chi connectivity index (χ4n) is 2.57. The minimum atomic E-state index is 0.0889. The molecule has 0 atom stereocenters. The van der Waals surface area contributed by atoms with Crippen LogP contribution in [0.2, 0.25) is 0 Å². The van der Waals surface area contributed by atoms with Crippen LogP contribution in [0.25, 0.3) is 11.3 Å². The summed E-state index contributed by atoms with van der Waals surface area (Å²) in [6.45, 7) is 11.1. The average Bonchev–Trinajstić information content (AvgIpc) is 2.69. The highest BCUT2D eigenvalue weighted by molar-refractivity contribution is 5.72. The SMILES string of the molecule is CC(C)Cc1c(N)n[nH]c1-c1ccccc1C(C)(C)C. The molecule has 0 aliphatic heterocycles. The van der Waals surface area contributed by atoms with Crippen molar-refractivity contribution in [3.05, 3.63) is 35.4 Å². The molecule has 0 saturated heterocycles. The topological polar surface area (TPSA) is 54.7 Å². The highest BCUT2D eigenvalue weighted by Gasteiger charge is 2.22. The molecule has 0 saturated carbocycles. The van der Waals surface area contributed by atoms with Crippen molar-refractivity contribution < 1.29 is 0 Å². The number of hydrogen-bond donors (Lipinski definition) is 2. The van der Waals surface area contributed by atoms with Gasteiger partial charge >= 0.3 is 0 Å². The molecule has 1 aromatic heterocycles. The maximum atomic E-state index is 6.04. The minimum Gasteiger partial charge on any atom is -0.382 e. The quantitative estimate of drug-likeness (QED) is 0.881. The summed E-state index contributed by atoms with van der Waals surface area (Å²) in [5.41, 5.74) is 10.9. The average molecular weight is 271 g/mol. The Balaban J connectivity index is 2.58. The van der Waals surface area contributed by atoms with Gasteiger partial charge in [0, 0.05) is 11.1 Å². The van der Waals surface area contributed by atoms with E-state index in [0.29, 0.717) is 11.7 Å². The largest absolute Gasteiger partial charge is 0.382 e. The number of aromatic amines is 1. The van der Waals surface area contributed by atoms with Crippen LogP contribution in [0.15, 0.2) is 24.3 Å². The molecule has 0 aliphatic carbocycles. The van der Waals surface area contributed by atoms with Gasteiger partial charge in [-0.05, 0) is 23.3 Å². The second-order valence-electron chi connectivity index (χ2n) is 6.86. The zero-order chi connectivity index (χ0) is 14.9. The normalized spacial score (nSPS) is 12.1. The molecular weight excluding hydrogens is 246 g/mol. The molecule has 2 rings (SSSR count). The molecule has 0 aliphatic rings. The number of hydrogen-bond acceptors (Lipinski definition) is 2. The van der Waals surface area contributed by atoms with Crippen molar-refractivity contribution in [2.45, 2.75) is 46.5 Å². The van der Waals surface area contributed by atoms with Crippen LogP contribution in [0.3, 0.4) is 0 Å². The Bertz CT molecular complexity index is 589. The molecular formula is C17H25N3. The number of nitrogens with zero attached hydrogens (tertiary/aromatic N) is 1. The fraction of sp³-hybridized carbons (Fsp3) is 0.471. The summed E-state index contributed by atoms with van der Waals surface area (Å²) < 4.78 is 0. The Labute approximate surface area is 121 Å². The predicted octanol–water partition coefficient (Wildman–Crippen LogP) is 4.15.